The fourth-order valence-corrected chi connectivity index (χ4v) is 4.37. The lowest BCUT2D eigenvalue weighted by Gasteiger charge is -2.25. The average Bonchev–Trinajstić information content (AvgIpc) is 3.55. The zero-order chi connectivity index (χ0) is 26.6. The highest BCUT2D eigenvalue weighted by Gasteiger charge is 2.46. The van der Waals surface area contributed by atoms with Crippen LogP contribution >= 0.6 is 0 Å². The van der Waals surface area contributed by atoms with Crippen LogP contribution in [0.15, 0.2) is 107 Å². The Hall–Kier alpha value is -5.18. The number of hydrogen-bond acceptors (Lipinski definition) is 7. The van der Waals surface area contributed by atoms with Crippen molar-refractivity contribution in [1.29, 1.82) is 0 Å². The Kier molecular flexibility index (Phi) is 6.73. The molecule has 0 saturated carbocycles. The molecule has 5 rings (SSSR count). The van der Waals surface area contributed by atoms with Crippen molar-refractivity contribution in [1.82, 2.24) is 4.90 Å². The Morgan fingerprint density at radius 2 is 1.74 bits per heavy atom. The third-order valence-electron chi connectivity index (χ3n) is 6.22. The summed E-state index contributed by atoms with van der Waals surface area (Å²) in [5, 5.41) is 22.2. The lowest BCUT2D eigenvalue weighted by atomic mass is 9.95. The van der Waals surface area contributed by atoms with E-state index in [4.69, 9.17) is 9.15 Å². The number of nitrogens with zero attached hydrogens (tertiary/aromatic N) is 2. The maximum Gasteiger partial charge on any atom is 0.296 e. The van der Waals surface area contributed by atoms with Crippen LogP contribution in [0.25, 0.3) is 5.76 Å². The van der Waals surface area contributed by atoms with E-state index >= 15 is 0 Å². The van der Waals surface area contributed by atoms with Crippen LogP contribution in [0, 0.1) is 10.1 Å². The van der Waals surface area contributed by atoms with Crippen LogP contribution in [0.4, 0.5) is 5.69 Å². The van der Waals surface area contributed by atoms with Crippen molar-refractivity contribution in [3.8, 4) is 5.75 Å². The number of carbonyl (C=O) groups is 2. The van der Waals surface area contributed by atoms with Crippen molar-refractivity contribution in [3.05, 3.63) is 135 Å². The van der Waals surface area contributed by atoms with Gasteiger partial charge in [0.2, 0.25) is 0 Å². The van der Waals surface area contributed by atoms with E-state index in [0.717, 1.165) is 5.56 Å². The number of aliphatic hydroxyl groups excluding tert-OH is 1. The number of rotatable bonds is 8. The molecule has 1 aromatic heterocycles. The SMILES string of the molecule is O=C1C(=O)N(Cc2ccco2)C(c2cccc(OCc3ccccc3)c2)/C1=C(\O)c1ccc([N+](=O)[O-])cc1. The molecular weight excluding hydrogens is 488 g/mol. The van der Waals surface area contributed by atoms with E-state index in [9.17, 15) is 24.8 Å². The molecule has 1 amide bonds. The minimum Gasteiger partial charge on any atom is -0.507 e. The molecule has 3 aromatic carbocycles. The molecular formula is C29H22N2O7. The number of amides is 1. The van der Waals surface area contributed by atoms with Crippen LogP contribution in [0.2, 0.25) is 0 Å². The molecule has 0 bridgehead atoms. The minimum atomic E-state index is -0.949. The van der Waals surface area contributed by atoms with Gasteiger partial charge in [-0.2, -0.15) is 0 Å². The lowest BCUT2D eigenvalue weighted by Crippen LogP contribution is -2.29. The lowest BCUT2D eigenvalue weighted by molar-refractivity contribution is -0.384. The van der Waals surface area contributed by atoms with Gasteiger partial charge in [-0.3, -0.25) is 19.7 Å². The first-order valence-corrected chi connectivity index (χ1v) is 11.7. The standard InChI is InChI=1S/C29H22N2O7/c32-27(20-11-13-22(14-12-20)31(35)36)25-26(30(29(34)28(25)33)17-24-10-5-15-37-24)21-8-4-9-23(16-21)38-18-19-6-2-1-3-7-19/h1-16,26,32H,17-18H2/b27-25+. The molecule has 0 spiro atoms. The van der Waals surface area contributed by atoms with Crippen LogP contribution < -0.4 is 4.74 Å². The third kappa shape index (κ3) is 4.90. The normalized spacial score (nSPS) is 16.5. The van der Waals surface area contributed by atoms with Gasteiger partial charge in [-0.15, -0.1) is 0 Å². The number of ketones is 1. The number of aliphatic hydroxyl groups is 1. The second-order valence-corrected chi connectivity index (χ2v) is 8.66. The third-order valence-corrected chi connectivity index (χ3v) is 6.22. The maximum atomic E-state index is 13.2. The molecule has 1 aliphatic heterocycles. The molecule has 1 saturated heterocycles. The minimum absolute atomic E-state index is 0.00557. The van der Waals surface area contributed by atoms with Gasteiger partial charge in [0.05, 0.1) is 29.3 Å². The number of hydrogen-bond donors (Lipinski definition) is 1. The molecule has 38 heavy (non-hydrogen) atoms. The Bertz CT molecular complexity index is 1510. The van der Waals surface area contributed by atoms with E-state index in [0.29, 0.717) is 23.7 Å². The Morgan fingerprint density at radius 1 is 0.974 bits per heavy atom. The smallest absolute Gasteiger partial charge is 0.296 e. The molecule has 2 heterocycles. The quantitative estimate of drug-likeness (QED) is 0.111. The molecule has 1 fully saturated rings. The van der Waals surface area contributed by atoms with Crippen LogP contribution in [0.3, 0.4) is 0 Å². The predicted octanol–water partition coefficient (Wildman–Crippen LogP) is 5.39. The average molecular weight is 511 g/mol. The van der Waals surface area contributed by atoms with Gasteiger partial charge in [-0.25, -0.2) is 0 Å². The largest absolute Gasteiger partial charge is 0.507 e. The van der Waals surface area contributed by atoms with Gasteiger partial charge in [0, 0.05) is 17.7 Å². The van der Waals surface area contributed by atoms with E-state index in [1.807, 2.05) is 30.3 Å². The molecule has 0 radical (unpaired) electrons. The number of carbonyl (C=O) groups excluding carboxylic acids is 2. The highest BCUT2D eigenvalue weighted by Crippen LogP contribution is 2.41. The summed E-state index contributed by atoms with van der Waals surface area (Å²) in [6.07, 6.45) is 1.47. The Balaban J connectivity index is 1.55. The van der Waals surface area contributed by atoms with E-state index in [2.05, 4.69) is 0 Å². The second-order valence-electron chi connectivity index (χ2n) is 8.66. The zero-order valence-electron chi connectivity index (χ0n) is 20.0. The molecule has 1 unspecified atom stereocenters. The van der Waals surface area contributed by atoms with Crippen LogP contribution in [-0.4, -0.2) is 26.6 Å². The number of nitro groups is 1. The number of benzene rings is 3. The summed E-state index contributed by atoms with van der Waals surface area (Å²) in [5.74, 6) is -1.12. The summed E-state index contributed by atoms with van der Waals surface area (Å²) in [6, 6.07) is 24.1. The van der Waals surface area contributed by atoms with E-state index < -0.39 is 28.4 Å². The van der Waals surface area contributed by atoms with Gasteiger partial charge in [-0.05, 0) is 47.5 Å². The van der Waals surface area contributed by atoms with Crippen LogP contribution in [-0.2, 0) is 22.7 Å². The maximum absolute atomic E-state index is 13.2. The molecule has 4 aromatic rings. The van der Waals surface area contributed by atoms with Gasteiger partial charge in [0.1, 0.15) is 23.9 Å². The number of Topliss-reactive ketones (excluding diaryl/α,β-unsaturated/α-hetero) is 1. The number of ether oxygens (including phenoxy) is 1. The van der Waals surface area contributed by atoms with Gasteiger partial charge in [0.25, 0.3) is 17.4 Å². The van der Waals surface area contributed by atoms with Crippen molar-refractivity contribution in [2.24, 2.45) is 0 Å². The Morgan fingerprint density at radius 3 is 2.42 bits per heavy atom. The molecule has 1 atom stereocenters. The van der Waals surface area contributed by atoms with E-state index in [1.165, 1.54) is 35.4 Å². The molecule has 0 aliphatic carbocycles. The summed E-state index contributed by atoms with van der Waals surface area (Å²) in [7, 11) is 0. The number of non-ortho nitro benzene ring substituents is 1. The first-order chi connectivity index (χ1) is 18.4. The first-order valence-electron chi connectivity index (χ1n) is 11.7. The van der Waals surface area contributed by atoms with Crippen LogP contribution in [0.1, 0.15) is 28.5 Å². The van der Waals surface area contributed by atoms with Crippen molar-refractivity contribution < 1.29 is 28.8 Å². The monoisotopic (exact) mass is 510 g/mol. The highest BCUT2D eigenvalue weighted by atomic mass is 16.6. The van der Waals surface area contributed by atoms with Gasteiger partial charge in [-0.1, -0.05) is 42.5 Å². The first kappa shape index (κ1) is 24.5. The topological polar surface area (TPSA) is 123 Å². The number of furan rings is 1. The summed E-state index contributed by atoms with van der Waals surface area (Å²) >= 11 is 0. The predicted molar refractivity (Wildman–Crippen MR) is 137 cm³/mol. The Labute approximate surface area is 217 Å². The summed E-state index contributed by atoms with van der Waals surface area (Å²) in [4.78, 5) is 38.2. The fraction of sp³-hybridized carbons (Fsp3) is 0.103. The molecule has 9 nitrogen and oxygen atoms in total. The van der Waals surface area contributed by atoms with Crippen molar-refractivity contribution in [2.75, 3.05) is 0 Å². The van der Waals surface area contributed by atoms with Crippen molar-refractivity contribution in [3.63, 3.8) is 0 Å². The molecule has 190 valence electrons. The number of nitro benzene ring substituents is 1. The highest BCUT2D eigenvalue weighted by molar-refractivity contribution is 6.46. The van der Waals surface area contributed by atoms with Gasteiger partial charge < -0.3 is 19.2 Å². The summed E-state index contributed by atoms with van der Waals surface area (Å²) < 4.78 is 11.4. The fourth-order valence-electron chi connectivity index (χ4n) is 4.37. The zero-order valence-corrected chi connectivity index (χ0v) is 20.0. The van der Waals surface area contributed by atoms with Gasteiger partial charge >= 0.3 is 0 Å². The van der Waals surface area contributed by atoms with Gasteiger partial charge in [0.15, 0.2) is 0 Å². The summed E-state index contributed by atoms with van der Waals surface area (Å²) in [6.45, 7) is 0.314. The molecule has 1 aliphatic rings. The second kappa shape index (κ2) is 10.4. The van der Waals surface area contributed by atoms with Crippen molar-refractivity contribution in [2.45, 2.75) is 19.2 Å². The number of likely N-dealkylation sites (tertiary alicyclic amines) is 1. The molecule has 9 heteroatoms. The van der Waals surface area contributed by atoms with Crippen molar-refractivity contribution >= 4 is 23.1 Å². The van der Waals surface area contributed by atoms with Crippen LogP contribution in [0.5, 0.6) is 5.75 Å². The van der Waals surface area contributed by atoms with E-state index in [1.54, 1.807) is 36.4 Å². The van der Waals surface area contributed by atoms with E-state index in [-0.39, 0.29) is 23.4 Å². The molecule has 1 N–H and O–H groups in total. The summed E-state index contributed by atoms with van der Waals surface area (Å²) in [5.41, 5.74) is 1.40.